The summed E-state index contributed by atoms with van der Waals surface area (Å²) in [5.74, 6) is 0. The second-order valence-electron chi connectivity index (χ2n) is 16.1. The molecule has 4 fully saturated rings. The molecule has 4 rings (SSSR count). The highest BCUT2D eigenvalue weighted by molar-refractivity contribution is 5.36. The zero-order valence-corrected chi connectivity index (χ0v) is 29.3. The third-order valence-corrected chi connectivity index (χ3v) is 11.1. The molecular weight excluding hydrogens is 544 g/mol. The maximum atomic E-state index is 10.3. The first-order chi connectivity index (χ1) is 20.4. The van der Waals surface area contributed by atoms with Crippen molar-refractivity contribution in [3.63, 3.8) is 0 Å². The molecule has 0 radical (unpaired) electrons. The van der Waals surface area contributed by atoms with Gasteiger partial charge in [-0.05, 0) is 92.2 Å². The molecule has 2 heterocycles. The van der Waals surface area contributed by atoms with Gasteiger partial charge in [-0.1, -0.05) is 98.6 Å². The Balaban J connectivity index is 1.18. The fourth-order valence-electron chi connectivity index (χ4n) is 8.45. The largest absolute Gasteiger partial charge is 0.393 e. The van der Waals surface area contributed by atoms with Gasteiger partial charge in [-0.3, -0.25) is 0 Å². The molecule has 244 valence electrons. The summed E-state index contributed by atoms with van der Waals surface area (Å²) in [6.45, 7) is 21.9. The van der Waals surface area contributed by atoms with Crippen LogP contribution in [-0.4, -0.2) is 44.8 Å². The van der Waals surface area contributed by atoms with Crippen molar-refractivity contribution >= 4 is 0 Å². The molecule has 0 aromatic heterocycles. The third kappa shape index (κ3) is 7.04. The van der Waals surface area contributed by atoms with Crippen LogP contribution in [0.2, 0.25) is 0 Å². The molecule has 2 saturated heterocycles. The normalized spacial score (nSPS) is 38.8. The van der Waals surface area contributed by atoms with E-state index in [1.165, 1.54) is 22.3 Å². The van der Waals surface area contributed by atoms with Crippen LogP contribution >= 0.6 is 0 Å². The average Bonchev–Trinajstić information content (AvgIpc) is 3.73. The molecule has 2 aliphatic carbocycles. The van der Waals surface area contributed by atoms with Gasteiger partial charge >= 0.3 is 0 Å². The lowest BCUT2D eigenvalue weighted by atomic mass is 9.63. The Morgan fingerprint density at radius 3 is 1.32 bits per heavy atom. The monoisotopic (exact) mass is 604 g/mol. The summed E-state index contributed by atoms with van der Waals surface area (Å²) in [5.41, 5.74) is 4.09. The van der Waals surface area contributed by atoms with E-state index >= 15 is 0 Å². The number of epoxide rings is 2. The van der Waals surface area contributed by atoms with Crippen molar-refractivity contribution in [1.29, 1.82) is 0 Å². The van der Waals surface area contributed by atoms with Crippen LogP contribution in [0.3, 0.4) is 0 Å². The van der Waals surface area contributed by atoms with Gasteiger partial charge in [-0.2, -0.15) is 0 Å². The fourth-order valence-corrected chi connectivity index (χ4v) is 8.45. The van der Waals surface area contributed by atoms with Gasteiger partial charge in [0, 0.05) is 23.7 Å². The molecule has 44 heavy (non-hydrogen) atoms. The van der Waals surface area contributed by atoms with Crippen LogP contribution in [0.4, 0.5) is 0 Å². The van der Waals surface area contributed by atoms with Gasteiger partial charge in [0.15, 0.2) is 0 Å². The minimum absolute atomic E-state index is 0.0747. The topological polar surface area (TPSA) is 65.5 Å². The maximum Gasteiger partial charge on any atom is 0.121 e. The number of ether oxygens (including phenoxy) is 2. The molecule has 6 atom stereocenters. The maximum absolute atomic E-state index is 10.3. The first-order valence-electron chi connectivity index (χ1n) is 16.9. The highest BCUT2D eigenvalue weighted by atomic mass is 16.6. The second-order valence-corrected chi connectivity index (χ2v) is 16.1. The lowest BCUT2D eigenvalue weighted by molar-refractivity contribution is 0.0510. The second kappa shape index (κ2) is 12.7. The van der Waals surface area contributed by atoms with E-state index in [1.807, 2.05) is 0 Å². The first-order valence-corrected chi connectivity index (χ1v) is 16.9. The van der Waals surface area contributed by atoms with E-state index in [0.29, 0.717) is 12.8 Å². The molecular formula is C40H60O4. The number of hydrogen-bond acceptors (Lipinski definition) is 4. The van der Waals surface area contributed by atoms with Gasteiger partial charge in [0.05, 0.1) is 12.2 Å². The fraction of sp³-hybridized carbons (Fsp3) is 0.650. The van der Waals surface area contributed by atoms with Crippen molar-refractivity contribution in [3.05, 3.63) is 83.1 Å². The summed E-state index contributed by atoms with van der Waals surface area (Å²) in [4.78, 5) is 0. The van der Waals surface area contributed by atoms with E-state index in [-0.39, 0.29) is 45.4 Å². The van der Waals surface area contributed by atoms with E-state index in [2.05, 4.69) is 130 Å². The predicted octanol–water partition coefficient (Wildman–Crippen LogP) is 9.42. The van der Waals surface area contributed by atoms with Crippen molar-refractivity contribution in [2.24, 2.45) is 10.8 Å². The van der Waals surface area contributed by atoms with Crippen LogP contribution < -0.4 is 0 Å². The Bertz CT molecular complexity index is 1190. The summed E-state index contributed by atoms with van der Waals surface area (Å²) in [6.07, 6.45) is 28.8. The van der Waals surface area contributed by atoms with Gasteiger partial charge in [-0.25, -0.2) is 0 Å². The molecule has 4 heteroatoms. The number of rotatable bonds is 12. The number of aliphatic hydroxyl groups is 2. The minimum atomic E-state index is -0.277. The van der Waals surface area contributed by atoms with Gasteiger partial charge in [0.25, 0.3) is 0 Å². The standard InChI is InChI=1S/C40H60O4/c1-29(17-13-19-31(3)21-23-39-35(5,6)25-33(41)27-37(39,9)43-39)15-11-12-16-30(2)18-14-20-32(4)22-24-40-36(7,8)26-34(42)28-38(40,10)44-40/h11-12,15-16,19-24,33-34,41-42H,13-14,17-18,25-28H2,1-10H3/b12-11+,23-21+,24-22+,29-15+,30-16+,31-19+,32-20+/t33-,34-,37+,38+,39-,40-/m0/s1. The predicted molar refractivity (Wildman–Crippen MR) is 183 cm³/mol. The molecule has 0 unspecified atom stereocenters. The van der Waals surface area contributed by atoms with Crippen molar-refractivity contribution in [3.8, 4) is 0 Å². The highest BCUT2D eigenvalue weighted by Crippen LogP contribution is 2.67. The van der Waals surface area contributed by atoms with Crippen LogP contribution in [0.15, 0.2) is 83.1 Å². The summed E-state index contributed by atoms with van der Waals surface area (Å²) < 4.78 is 12.5. The Hall–Kier alpha value is -1.98. The highest BCUT2D eigenvalue weighted by Gasteiger charge is 2.75. The third-order valence-electron chi connectivity index (χ3n) is 11.1. The Kier molecular flexibility index (Phi) is 10.0. The Morgan fingerprint density at radius 1 is 0.614 bits per heavy atom. The number of hydrogen-bond donors (Lipinski definition) is 2. The van der Waals surface area contributed by atoms with E-state index in [0.717, 1.165) is 38.5 Å². The molecule has 0 amide bonds. The SMILES string of the molecule is CC(/C=C/[C@@]12O[C@]1(C)C[C@@H](O)CC2(C)C)=C\CC/C(C)=C/C=C/C=C(\C)CC/C=C(C)/C=C/[C@@]12O[C@]1(C)C[C@@H](O)CC2(C)C. The first kappa shape index (κ1) is 34.9. The van der Waals surface area contributed by atoms with Gasteiger partial charge in [-0.15, -0.1) is 0 Å². The number of allylic oxidation sites excluding steroid dienone is 12. The van der Waals surface area contributed by atoms with Crippen LogP contribution in [-0.2, 0) is 9.47 Å². The van der Waals surface area contributed by atoms with E-state index in [9.17, 15) is 10.2 Å². The lowest BCUT2D eigenvalue weighted by Gasteiger charge is -2.39. The van der Waals surface area contributed by atoms with Crippen LogP contribution in [0.5, 0.6) is 0 Å². The molecule has 2 N–H and O–H groups in total. The molecule has 0 spiro atoms. The molecule has 2 aliphatic heterocycles. The van der Waals surface area contributed by atoms with Gasteiger partial charge in [0.2, 0.25) is 0 Å². The average molecular weight is 605 g/mol. The molecule has 2 saturated carbocycles. The Morgan fingerprint density at radius 2 is 0.977 bits per heavy atom. The molecule has 0 aromatic rings. The van der Waals surface area contributed by atoms with Crippen LogP contribution in [0.1, 0.15) is 121 Å². The van der Waals surface area contributed by atoms with Crippen LogP contribution in [0, 0.1) is 10.8 Å². The van der Waals surface area contributed by atoms with Crippen molar-refractivity contribution in [2.75, 3.05) is 0 Å². The summed E-state index contributed by atoms with van der Waals surface area (Å²) in [7, 11) is 0. The van der Waals surface area contributed by atoms with Gasteiger partial charge in [0.1, 0.15) is 22.4 Å². The molecule has 0 aromatic carbocycles. The van der Waals surface area contributed by atoms with Gasteiger partial charge < -0.3 is 19.7 Å². The lowest BCUT2D eigenvalue weighted by Crippen LogP contribution is -2.46. The van der Waals surface area contributed by atoms with Crippen molar-refractivity contribution < 1.29 is 19.7 Å². The smallest absolute Gasteiger partial charge is 0.121 e. The van der Waals surface area contributed by atoms with E-state index < -0.39 is 0 Å². The summed E-state index contributed by atoms with van der Waals surface area (Å²) in [5, 5.41) is 20.5. The zero-order chi connectivity index (χ0) is 32.6. The van der Waals surface area contributed by atoms with E-state index in [1.54, 1.807) is 0 Å². The number of fused-ring (bicyclic) bond motifs is 2. The summed E-state index contributed by atoms with van der Waals surface area (Å²) >= 11 is 0. The summed E-state index contributed by atoms with van der Waals surface area (Å²) in [6, 6.07) is 0. The Labute approximate surface area is 268 Å². The molecule has 0 bridgehead atoms. The van der Waals surface area contributed by atoms with Crippen molar-refractivity contribution in [1.82, 2.24) is 0 Å². The van der Waals surface area contributed by atoms with Crippen molar-refractivity contribution in [2.45, 2.75) is 155 Å². The van der Waals surface area contributed by atoms with E-state index in [4.69, 9.17) is 9.47 Å². The minimum Gasteiger partial charge on any atom is -0.393 e. The molecule has 4 nitrogen and oxygen atoms in total. The number of aliphatic hydroxyl groups excluding tert-OH is 2. The zero-order valence-electron chi connectivity index (χ0n) is 29.3. The van der Waals surface area contributed by atoms with Crippen LogP contribution in [0.25, 0.3) is 0 Å². The quantitative estimate of drug-likeness (QED) is 0.172. The molecule has 4 aliphatic rings.